The van der Waals surface area contributed by atoms with Gasteiger partial charge in [-0.25, -0.2) is 0 Å². The molecule has 1 N–H and O–H groups in total. The van der Waals surface area contributed by atoms with Crippen LogP contribution in [-0.4, -0.2) is 22.5 Å². The maximum absolute atomic E-state index is 11.8. The number of aryl methyl sites for hydroxylation is 1. The molecule has 2 fully saturated rings. The summed E-state index contributed by atoms with van der Waals surface area (Å²) in [5, 5.41) is 9.11. The first-order chi connectivity index (χ1) is 8.19. The van der Waals surface area contributed by atoms with E-state index in [1.54, 1.807) is 0 Å². The summed E-state index contributed by atoms with van der Waals surface area (Å²) in [5.41, 5.74) is 3.22. The smallest absolute Gasteiger partial charge is 0.226 e. The van der Waals surface area contributed by atoms with E-state index in [-0.39, 0.29) is 6.61 Å². The van der Waals surface area contributed by atoms with Crippen molar-refractivity contribution >= 4 is 5.91 Å². The van der Waals surface area contributed by atoms with Gasteiger partial charge in [-0.1, -0.05) is 18.2 Å². The van der Waals surface area contributed by atoms with Gasteiger partial charge in [0, 0.05) is 19.0 Å². The van der Waals surface area contributed by atoms with Crippen molar-refractivity contribution in [3.05, 3.63) is 34.9 Å². The largest absolute Gasteiger partial charge is 0.392 e. The van der Waals surface area contributed by atoms with E-state index in [0.717, 1.165) is 36.2 Å². The minimum atomic E-state index is 0.0822. The molecule has 1 aromatic rings. The number of carbonyl (C=O) groups excluding carboxylic acids is 1. The molecule has 3 rings (SSSR count). The fourth-order valence-corrected chi connectivity index (χ4v) is 2.76. The van der Waals surface area contributed by atoms with Crippen LogP contribution in [0, 0.1) is 18.8 Å². The zero-order valence-electron chi connectivity index (χ0n) is 10.0. The average molecular weight is 231 g/mol. The number of benzene rings is 1. The molecule has 1 amide bonds. The highest BCUT2D eigenvalue weighted by atomic mass is 16.3. The van der Waals surface area contributed by atoms with Gasteiger partial charge in [0.25, 0.3) is 0 Å². The Morgan fingerprint density at radius 2 is 2.29 bits per heavy atom. The molecule has 90 valence electrons. The van der Waals surface area contributed by atoms with Crippen LogP contribution in [-0.2, 0) is 17.9 Å². The fraction of sp³-hybridized carbons (Fsp3) is 0.500. The Balaban J connectivity index is 1.73. The summed E-state index contributed by atoms with van der Waals surface area (Å²) < 4.78 is 0. The van der Waals surface area contributed by atoms with Crippen molar-refractivity contribution in [2.75, 3.05) is 6.54 Å². The minimum Gasteiger partial charge on any atom is -0.392 e. The summed E-state index contributed by atoms with van der Waals surface area (Å²) in [5.74, 6) is 1.31. The molecule has 1 heterocycles. The van der Waals surface area contributed by atoms with Gasteiger partial charge >= 0.3 is 0 Å². The van der Waals surface area contributed by atoms with E-state index in [0.29, 0.717) is 17.7 Å². The molecule has 1 saturated heterocycles. The fourth-order valence-electron chi connectivity index (χ4n) is 2.76. The van der Waals surface area contributed by atoms with Gasteiger partial charge < -0.3 is 10.0 Å². The highest BCUT2D eigenvalue weighted by Crippen LogP contribution is 2.46. The van der Waals surface area contributed by atoms with E-state index >= 15 is 0 Å². The van der Waals surface area contributed by atoms with Gasteiger partial charge in [-0.05, 0) is 36.0 Å². The molecule has 1 saturated carbocycles. The first-order valence-electron chi connectivity index (χ1n) is 6.17. The first kappa shape index (κ1) is 10.8. The van der Waals surface area contributed by atoms with Crippen molar-refractivity contribution in [3.63, 3.8) is 0 Å². The summed E-state index contributed by atoms with van der Waals surface area (Å²) in [6, 6.07) is 6.03. The highest BCUT2D eigenvalue weighted by Gasteiger charge is 2.51. The number of aliphatic hydroxyl groups excluding tert-OH is 1. The Morgan fingerprint density at radius 3 is 2.88 bits per heavy atom. The Morgan fingerprint density at radius 1 is 1.47 bits per heavy atom. The van der Waals surface area contributed by atoms with Crippen molar-refractivity contribution < 1.29 is 9.90 Å². The molecule has 3 heteroatoms. The van der Waals surface area contributed by atoms with E-state index < -0.39 is 0 Å². The number of piperidine rings is 1. The second kappa shape index (κ2) is 3.84. The van der Waals surface area contributed by atoms with Crippen LogP contribution in [0.15, 0.2) is 18.2 Å². The summed E-state index contributed by atoms with van der Waals surface area (Å²) in [6.45, 7) is 3.74. The number of hydrogen-bond acceptors (Lipinski definition) is 2. The summed E-state index contributed by atoms with van der Waals surface area (Å²) in [4.78, 5) is 13.8. The van der Waals surface area contributed by atoms with E-state index in [4.69, 9.17) is 5.11 Å². The lowest BCUT2D eigenvalue weighted by atomic mass is 10.1. The van der Waals surface area contributed by atoms with Gasteiger partial charge in [0.2, 0.25) is 5.91 Å². The van der Waals surface area contributed by atoms with E-state index in [1.807, 2.05) is 24.0 Å². The molecule has 2 aliphatic rings. The van der Waals surface area contributed by atoms with Crippen molar-refractivity contribution in [2.24, 2.45) is 11.8 Å². The molecule has 0 bridgehead atoms. The Bertz CT molecular complexity index is 469. The van der Waals surface area contributed by atoms with Gasteiger partial charge in [-0.2, -0.15) is 0 Å². The lowest BCUT2D eigenvalue weighted by Crippen LogP contribution is -2.27. The number of likely N-dealkylation sites (tertiary alicyclic amines) is 1. The molecule has 0 aromatic heterocycles. The molecule has 3 nitrogen and oxygen atoms in total. The predicted octanol–water partition coefficient (Wildman–Crippen LogP) is 1.47. The molecule has 2 unspecified atom stereocenters. The second-order valence-corrected chi connectivity index (χ2v) is 5.24. The van der Waals surface area contributed by atoms with Gasteiger partial charge in [-0.15, -0.1) is 0 Å². The highest BCUT2D eigenvalue weighted by molar-refractivity contribution is 5.84. The molecule has 0 spiro atoms. The van der Waals surface area contributed by atoms with Gasteiger partial charge in [0.05, 0.1) is 6.61 Å². The van der Waals surface area contributed by atoms with Crippen molar-refractivity contribution in [3.8, 4) is 0 Å². The number of hydrogen-bond donors (Lipinski definition) is 1. The van der Waals surface area contributed by atoms with Gasteiger partial charge in [0.1, 0.15) is 0 Å². The van der Waals surface area contributed by atoms with Crippen LogP contribution in [0.3, 0.4) is 0 Å². The van der Waals surface area contributed by atoms with Gasteiger partial charge in [-0.3, -0.25) is 4.79 Å². The number of fused-ring (bicyclic) bond motifs is 1. The number of aliphatic hydroxyl groups is 1. The number of carbonyl (C=O) groups is 1. The monoisotopic (exact) mass is 231 g/mol. The third-order valence-corrected chi connectivity index (χ3v) is 3.96. The number of amides is 1. The lowest BCUT2D eigenvalue weighted by Gasteiger charge is -2.18. The van der Waals surface area contributed by atoms with Crippen LogP contribution < -0.4 is 0 Å². The maximum atomic E-state index is 11.8. The molecular weight excluding hydrogens is 214 g/mol. The number of nitrogens with zero attached hydrogens (tertiary/aromatic N) is 1. The van der Waals surface area contributed by atoms with Crippen LogP contribution in [0.5, 0.6) is 0 Å². The van der Waals surface area contributed by atoms with Crippen molar-refractivity contribution in [2.45, 2.75) is 26.5 Å². The summed E-state index contributed by atoms with van der Waals surface area (Å²) in [6.07, 6.45) is 1.11. The summed E-state index contributed by atoms with van der Waals surface area (Å²) in [7, 11) is 0. The molecule has 1 aliphatic carbocycles. The second-order valence-electron chi connectivity index (χ2n) is 5.24. The predicted molar refractivity (Wildman–Crippen MR) is 64.1 cm³/mol. The van der Waals surface area contributed by atoms with Crippen LogP contribution in [0.1, 0.15) is 23.1 Å². The van der Waals surface area contributed by atoms with Crippen LogP contribution in [0.2, 0.25) is 0 Å². The zero-order valence-corrected chi connectivity index (χ0v) is 10.0. The third-order valence-electron chi connectivity index (χ3n) is 3.96. The van der Waals surface area contributed by atoms with Crippen LogP contribution in [0.4, 0.5) is 0 Å². The molecule has 2 atom stereocenters. The van der Waals surface area contributed by atoms with Crippen LogP contribution in [0.25, 0.3) is 0 Å². The van der Waals surface area contributed by atoms with E-state index in [1.165, 1.54) is 0 Å². The first-order valence-corrected chi connectivity index (χ1v) is 6.17. The van der Waals surface area contributed by atoms with Gasteiger partial charge in [0.15, 0.2) is 0 Å². The standard InChI is InChI=1S/C14H17NO2/c1-9-4-10(2-3-11(9)8-16)6-15-7-12-5-13(12)14(15)17/h2-4,12-13,16H,5-8H2,1H3. The molecule has 17 heavy (non-hydrogen) atoms. The third kappa shape index (κ3) is 1.84. The Kier molecular flexibility index (Phi) is 2.44. The SMILES string of the molecule is Cc1cc(CN2CC3CC3C2=O)ccc1CO. The average Bonchev–Trinajstić information content (AvgIpc) is 3.01. The Hall–Kier alpha value is -1.35. The maximum Gasteiger partial charge on any atom is 0.226 e. The normalized spacial score (nSPS) is 26.2. The van der Waals surface area contributed by atoms with E-state index in [9.17, 15) is 4.79 Å². The van der Waals surface area contributed by atoms with Crippen molar-refractivity contribution in [1.29, 1.82) is 0 Å². The molecule has 1 aliphatic heterocycles. The van der Waals surface area contributed by atoms with Crippen molar-refractivity contribution in [1.82, 2.24) is 4.90 Å². The van der Waals surface area contributed by atoms with E-state index in [2.05, 4.69) is 6.07 Å². The summed E-state index contributed by atoms with van der Waals surface area (Å²) >= 11 is 0. The Labute approximate surface area is 101 Å². The number of rotatable bonds is 3. The topological polar surface area (TPSA) is 40.5 Å². The zero-order chi connectivity index (χ0) is 12.0. The quantitative estimate of drug-likeness (QED) is 0.855. The molecular formula is C14H17NO2. The minimum absolute atomic E-state index is 0.0822. The lowest BCUT2D eigenvalue weighted by molar-refractivity contribution is -0.130. The molecule has 1 aromatic carbocycles. The van der Waals surface area contributed by atoms with Crippen LogP contribution >= 0.6 is 0 Å². The molecule has 0 radical (unpaired) electrons.